The number of nitrogens with zero attached hydrogens (tertiary/aromatic N) is 6. The van der Waals surface area contributed by atoms with Crippen LogP contribution in [0.3, 0.4) is 0 Å². The number of pyridine rings is 2. The summed E-state index contributed by atoms with van der Waals surface area (Å²) in [7, 11) is 1.55. The Labute approximate surface area is 306 Å². The van der Waals surface area contributed by atoms with Crippen molar-refractivity contribution in [2.75, 3.05) is 13.7 Å². The molecule has 6 aromatic heterocycles. The first-order valence-corrected chi connectivity index (χ1v) is 17.0. The zero-order chi connectivity index (χ0) is 37.6. The highest BCUT2D eigenvalue weighted by atomic mass is 19.1. The molecule has 0 saturated carbocycles. The lowest BCUT2D eigenvalue weighted by Gasteiger charge is -2.17. The standard InChI is InChI=1S/C40H33FN8O5/c1-40(2,52)13-15-54-27-9-10-28(31(41)17-27)30-20-49(37-34(30)38(50)46-22-45-37)26-8-11-32(43-18-26)23-4-6-25(7-5-23)48-19-29(24-12-14-42-33(16-24)53-3)35-36(48)39(51)47-21-44-35/h4-12,14,16-22,52H,13,15H2,1-3H3,(H,44,47,51)(H,45,46,50). The average molecular weight is 725 g/mol. The molecule has 54 heavy (non-hydrogen) atoms. The maximum absolute atomic E-state index is 15.5. The molecule has 0 unspecified atom stereocenters. The number of aliphatic hydroxyl groups is 1. The summed E-state index contributed by atoms with van der Waals surface area (Å²) in [6.07, 6.45) is 9.90. The summed E-state index contributed by atoms with van der Waals surface area (Å²) < 4.78 is 30.0. The van der Waals surface area contributed by atoms with Gasteiger partial charge < -0.3 is 29.1 Å². The van der Waals surface area contributed by atoms with Crippen molar-refractivity contribution in [3.63, 3.8) is 0 Å². The highest BCUT2D eigenvalue weighted by Crippen LogP contribution is 2.34. The molecule has 0 amide bonds. The number of halogens is 1. The van der Waals surface area contributed by atoms with E-state index in [1.807, 2.05) is 48.7 Å². The van der Waals surface area contributed by atoms with Gasteiger partial charge in [0.1, 0.15) is 22.6 Å². The van der Waals surface area contributed by atoms with E-state index in [4.69, 9.17) is 14.5 Å². The molecule has 13 nitrogen and oxygen atoms in total. The van der Waals surface area contributed by atoms with Gasteiger partial charge in [0, 0.05) is 65.1 Å². The molecule has 0 radical (unpaired) electrons. The van der Waals surface area contributed by atoms with Crippen LogP contribution in [0.15, 0.2) is 114 Å². The number of aromatic amines is 2. The first kappa shape index (κ1) is 34.2. The minimum absolute atomic E-state index is 0.206. The molecule has 0 aliphatic rings. The van der Waals surface area contributed by atoms with Crippen LogP contribution in [0.25, 0.3) is 67.0 Å². The predicted molar refractivity (Wildman–Crippen MR) is 202 cm³/mol. The maximum atomic E-state index is 15.5. The number of hydrogen-bond donors (Lipinski definition) is 3. The fourth-order valence-corrected chi connectivity index (χ4v) is 6.36. The highest BCUT2D eigenvalue weighted by molar-refractivity contribution is 5.95. The molecule has 0 spiro atoms. The number of nitrogens with one attached hydrogen (secondary N) is 2. The second-order valence-electron chi connectivity index (χ2n) is 13.3. The van der Waals surface area contributed by atoms with E-state index in [-0.39, 0.29) is 23.1 Å². The van der Waals surface area contributed by atoms with Crippen molar-refractivity contribution >= 4 is 22.1 Å². The summed E-state index contributed by atoms with van der Waals surface area (Å²) in [5.74, 6) is 0.187. The zero-order valence-electron chi connectivity index (χ0n) is 29.4. The van der Waals surface area contributed by atoms with Crippen LogP contribution in [0.1, 0.15) is 20.3 Å². The van der Waals surface area contributed by atoms with Crippen molar-refractivity contribution in [3.05, 3.63) is 131 Å². The van der Waals surface area contributed by atoms with E-state index in [9.17, 15) is 14.7 Å². The van der Waals surface area contributed by atoms with E-state index in [0.29, 0.717) is 51.7 Å². The SMILES string of the molecule is COc1cc(-c2cn(-c3ccc(-c4ccc(-n5cc(-c6ccc(OCCC(C)(C)O)cc6F)c6c(=O)[nH]cnc65)cn4)cc3)c3c(=O)[nH]cnc23)ccn1. The maximum Gasteiger partial charge on any atom is 0.275 e. The van der Waals surface area contributed by atoms with Crippen LogP contribution in [0.4, 0.5) is 4.39 Å². The van der Waals surface area contributed by atoms with Gasteiger partial charge in [-0.15, -0.1) is 0 Å². The van der Waals surface area contributed by atoms with Crippen LogP contribution >= 0.6 is 0 Å². The largest absolute Gasteiger partial charge is 0.493 e. The molecule has 270 valence electrons. The van der Waals surface area contributed by atoms with Gasteiger partial charge in [0.25, 0.3) is 11.1 Å². The van der Waals surface area contributed by atoms with Crippen molar-refractivity contribution in [1.29, 1.82) is 0 Å². The van der Waals surface area contributed by atoms with Crippen LogP contribution in [0.5, 0.6) is 11.6 Å². The Morgan fingerprint density at radius 1 is 0.796 bits per heavy atom. The van der Waals surface area contributed by atoms with Gasteiger partial charge in [-0.1, -0.05) is 12.1 Å². The van der Waals surface area contributed by atoms with E-state index < -0.39 is 17.0 Å². The number of methoxy groups -OCH3 is 1. The first-order chi connectivity index (χ1) is 26.1. The molecule has 0 fully saturated rings. The molecule has 0 aliphatic carbocycles. The number of fused-ring (bicyclic) bond motifs is 2. The van der Waals surface area contributed by atoms with Crippen molar-refractivity contribution in [3.8, 4) is 56.5 Å². The van der Waals surface area contributed by atoms with Gasteiger partial charge in [0.05, 0.1) is 54.9 Å². The van der Waals surface area contributed by atoms with Crippen molar-refractivity contribution < 1.29 is 19.0 Å². The van der Waals surface area contributed by atoms with Gasteiger partial charge in [0.15, 0.2) is 5.65 Å². The summed E-state index contributed by atoms with van der Waals surface area (Å²) in [5.41, 5.74) is 4.66. The van der Waals surface area contributed by atoms with Crippen molar-refractivity contribution in [1.82, 2.24) is 39.0 Å². The number of rotatable bonds is 10. The quantitative estimate of drug-likeness (QED) is 0.148. The van der Waals surface area contributed by atoms with E-state index in [1.54, 1.807) is 66.9 Å². The van der Waals surface area contributed by atoms with E-state index in [1.165, 1.54) is 18.7 Å². The Morgan fingerprint density at radius 3 is 2.30 bits per heavy atom. The first-order valence-electron chi connectivity index (χ1n) is 17.0. The molecule has 14 heteroatoms. The summed E-state index contributed by atoms with van der Waals surface area (Å²) in [6.45, 7) is 3.57. The van der Waals surface area contributed by atoms with Gasteiger partial charge in [-0.2, -0.15) is 0 Å². The molecule has 3 N–H and O–H groups in total. The van der Waals surface area contributed by atoms with Crippen LogP contribution in [-0.4, -0.2) is 63.5 Å². The highest BCUT2D eigenvalue weighted by Gasteiger charge is 2.20. The summed E-state index contributed by atoms with van der Waals surface area (Å²) in [4.78, 5) is 49.2. The molecule has 0 saturated heterocycles. The molecule has 8 rings (SSSR count). The smallest absolute Gasteiger partial charge is 0.275 e. The third-order valence-electron chi connectivity index (χ3n) is 9.11. The Bertz CT molecular complexity index is 2780. The lowest BCUT2D eigenvalue weighted by atomic mass is 10.1. The van der Waals surface area contributed by atoms with Crippen LogP contribution in [-0.2, 0) is 0 Å². The Hall–Kier alpha value is -6.93. The normalized spacial score (nSPS) is 11.7. The number of H-pyrrole nitrogens is 2. The third kappa shape index (κ3) is 6.39. The van der Waals surface area contributed by atoms with Gasteiger partial charge >= 0.3 is 0 Å². The number of aromatic nitrogens is 8. The molecule has 2 aromatic carbocycles. The Balaban J connectivity index is 1.09. The summed E-state index contributed by atoms with van der Waals surface area (Å²) >= 11 is 0. The zero-order valence-corrected chi connectivity index (χ0v) is 29.4. The van der Waals surface area contributed by atoms with Gasteiger partial charge in [-0.05, 0) is 61.9 Å². The molecule has 8 aromatic rings. The van der Waals surface area contributed by atoms with E-state index in [0.717, 1.165) is 22.4 Å². The number of benzene rings is 2. The minimum atomic E-state index is -0.909. The summed E-state index contributed by atoms with van der Waals surface area (Å²) in [6, 6.07) is 19.4. The van der Waals surface area contributed by atoms with E-state index >= 15 is 4.39 Å². The predicted octanol–water partition coefficient (Wildman–Crippen LogP) is 6.22. The van der Waals surface area contributed by atoms with Gasteiger partial charge in [-0.25, -0.2) is 19.3 Å². The molecule has 0 bridgehead atoms. The molecule has 6 heterocycles. The molecular formula is C40H33FN8O5. The van der Waals surface area contributed by atoms with Gasteiger partial charge in [0.2, 0.25) is 5.88 Å². The number of ether oxygens (including phenoxy) is 2. The number of hydrogen-bond acceptors (Lipinski definition) is 9. The fraction of sp³-hybridized carbons (Fsp3) is 0.150. The topological polar surface area (TPSA) is 166 Å². The Kier molecular flexibility index (Phi) is 8.58. The lowest BCUT2D eigenvalue weighted by Crippen LogP contribution is -2.21. The second-order valence-corrected chi connectivity index (χ2v) is 13.3. The second kappa shape index (κ2) is 13.6. The van der Waals surface area contributed by atoms with Crippen molar-refractivity contribution in [2.45, 2.75) is 25.9 Å². The monoisotopic (exact) mass is 724 g/mol. The molecule has 0 aliphatic heterocycles. The average Bonchev–Trinajstić information content (AvgIpc) is 3.76. The Morgan fingerprint density at radius 2 is 1.56 bits per heavy atom. The lowest BCUT2D eigenvalue weighted by molar-refractivity contribution is 0.0553. The molecular weight excluding hydrogens is 691 g/mol. The summed E-state index contributed by atoms with van der Waals surface area (Å²) in [5, 5.41) is 10.2. The van der Waals surface area contributed by atoms with Gasteiger partial charge in [-0.3, -0.25) is 19.1 Å². The minimum Gasteiger partial charge on any atom is -0.493 e. The third-order valence-corrected chi connectivity index (χ3v) is 9.11. The van der Waals surface area contributed by atoms with Crippen molar-refractivity contribution in [2.24, 2.45) is 0 Å². The van der Waals surface area contributed by atoms with Crippen LogP contribution in [0.2, 0.25) is 0 Å². The van der Waals surface area contributed by atoms with Crippen LogP contribution in [0, 0.1) is 5.82 Å². The van der Waals surface area contributed by atoms with Crippen LogP contribution < -0.4 is 20.6 Å². The van der Waals surface area contributed by atoms with E-state index in [2.05, 4.69) is 24.9 Å². The molecule has 0 atom stereocenters. The fourth-order valence-electron chi connectivity index (χ4n) is 6.36.